The van der Waals surface area contributed by atoms with Crippen molar-refractivity contribution in [3.8, 4) is 5.75 Å². The minimum atomic E-state index is -5.14. The highest BCUT2D eigenvalue weighted by molar-refractivity contribution is 7.86. The molecule has 0 saturated heterocycles. The summed E-state index contributed by atoms with van der Waals surface area (Å²) in [6, 6.07) is 10.4. The summed E-state index contributed by atoms with van der Waals surface area (Å²) >= 11 is 0. The number of nitrogens with two attached hydrogens (primary N) is 1. The van der Waals surface area contributed by atoms with Crippen LogP contribution in [0.25, 0.3) is 10.8 Å². The maximum absolute atomic E-state index is 12.2. The smallest absolute Gasteiger partial charge is 0.296 e. The van der Waals surface area contributed by atoms with E-state index in [4.69, 9.17) is 5.73 Å². The number of anilines is 1. The SMILES string of the molecule is Nc1c(N=Nc2ccc([N+](=O)[O-])cc2)c(S(=O)(=O)O)cc2cc(S(=O)(=O)O)c(N=Nc3ccc([N+](=O)[O-])cc3)c(O)c12. The van der Waals surface area contributed by atoms with Crippen LogP contribution in [0.1, 0.15) is 0 Å². The molecule has 0 heterocycles. The maximum atomic E-state index is 12.2. The van der Waals surface area contributed by atoms with Crippen LogP contribution in [-0.2, 0) is 20.2 Å². The molecule has 0 aliphatic rings. The molecule has 0 amide bonds. The van der Waals surface area contributed by atoms with Crippen molar-refractivity contribution in [1.82, 2.24) is 0 Å². The second-order valence-electron chi connectivity index (χ2n) is 8.20. The molecule has 0 aliphatic heterocycles. The Labute approximate surface area is 234 Å². The Balaban J connectivity index is 1.95. The summed E-state index contributed by atoms with van der Waals surface area (Å²) in [7, 11) is -10.2. The highest BCUT2D eigenvalue weighted by atomic mass is 32.2. The van der Waals surface area contributed by atoms with Crippen LogP contribution in [0.3, 0.4) is 0 Å². The third-order valence-electron chi connectivity index (χ3n) is 5.52. The molecule has 216 valence electrons. The number of nitro groups is 2. The average molecular weight is 618 g/mol. The number of hydrogen-bond donors (Lipinski definition) is 4. The van der Waals surface area contributed by atoms with Crippen LogP contribution >= 0.6 is 0 Å². The summed E-state index contributed by atoms with van der Waals surface area (Å²) in [6.07, 6.45) is 0. The summed E-state index contributed by atoms with van der Waals surface area (Å²) in [5.74, 6) is -1.00. The molecule has 0 radical (unpaired) electrons. The van der Waals surface area contributed by atoms with Gasteiger partial charge in [0.25, 0.3) is 31.6 Å². The summed E-state index contributed by atoms with van der Waals surface area (Å²) in [5.41, 5.74) is 3.37. The number of non-ortho nitro benzene ring substituents is 2. The zero-order valence-corrected chi connectivity index (χ0v) is 22.1. The molecule has 0 aliphatic carbocycles. The van der Waals surface area contributed by atoms with E-state index >= 15 is 0 Å². The van der Waals surface area contributed by atoms with Crippen LogP contribution in [0.2, 0.25) is 0 Å². The monoisotopic (exact) mass is 617 g/mol. The molecule has 0 spiro atoms. The summed E-state index contributed by atoms with van der Waals surface area (Å²) in [4.78, 5) is 18.4. The second kappa shape index (κ2) is 10.9. The largest absolute Gasteiger partial charge is 0.505 e. The normalized spacial score (nSPS) is 12.3. The van der Waals surface area contributed by atoms with E-state index < -0.39 is 73.5 Å². The van der Waals surface area contributed by atoms with Gasteiger partial charge >= 0.3 is 0 Å². The van der Waals surface area contributed by atoms with Gasteiger partial charge in [-0.25, -0.2) is 0 Å². The number of nitro benzene ring substituents is 2. The number of nitrogen functional groups attached to an aromatic ring is 1. The lowest BCUT2D eigenvalue weighted by molar-refractivity contribution is -0.385. The van der Waals surface area contributed by atoms with E-state index in [0.29, 0.717) is 12.1 Å². The highest BCUT2D eigenvalue weighted by Gasteiger charge is 2.28. The first kappa shape index (κ1) is 29.5. The lowest BCUT2D eigenvalue weighted by atomic mass is 10.1. The molecule has 0 atom stereocenters. The summed E-state index contributed by atoms with van der Waals surface area (Å²) < 4.78 is 68.2. The Morgan fingerprint density at radius 3 is 1.43 bits per heavy atom. The zero-order chi connectivity index (χ0) is 31.0. The number of rotatable bonds is 8. The first-order valence-electron chi connectivity index (χ1n) is 11.0. The van der Waals surface area contributed by atoms with E-state index in [2.05, 4.69) is 20.5 Å². The van der Waals surface area contributed by atoms with Gasteiger partial charge in [0.2, 0.25) is 0 Å². The first-order valence-corrected chi connectivity index (χ1v) is 13.9. The quantitative estimate of drug-likeness (QED) is 0.0646. The Kier molecular flexibility index (Phi) is 7.63. The average Bonchev–Trinajstić information content (AvgIpc) is 2.90. The van der Waals surface area contributed by atoms with Gasteiger partial charge in [0, 0.05) is 24.3 Å². The second-order valence-corrected chi connectivity index (χ2v) is 11.0. The minimum Gasteiger partial charge on any atom is -0.505 e. The lowest BCUT2D eigenvalue weighted by Crippen LogP contribution is -2.03. The van der Waals surface area contributed by atoms with Gasteiger partial charge in [-0.2, -0.15) is 27.1 Å². The van der Waals surface area contributed by atoms with Crippen molar-refractivity contribution in [2.24, 2.45) is 20.5 Å². The molecule has 4 rings (SSSR count). The van der Waals surface area contributed by atoms with E-state index in [1.807, 2.05) is 0 Å². The number of aromatic hydroxyl groups is 1. The van der Waals surface area contributed by atoms with Crippen molar-refractivity contribution in [1.29, 1.82) is 0 Å². The maximum Gasteiger partial charge on any atom is 0.296 e. The fourth-order valence-electron chi connectivity index (χ4n) is 3.60. The van der Waals surface area contributed by atoms with Crippen LogP contribution in [-0.4, -0.2) is 40.9 Å². The molecule has 4 aromatic carbocycles. The Bertz CT molecular complexity index is 1900. The third kappa shape index (κ3) is 6.00. The molecule has 0 bridgehead atoms. The molecular formula is C22H15N7O11S2. The number of nitrogens with zero attached hydrogens (tertiary/aromatic N) is 6. The molecular weight excluding hydrogens is 602 g/mol. The predicted molar refractivity (Wildman–Crippen MR) is 144 cm³/mol. The first-order chi connectivity index (χ1) is 19.6. The van der Waals surface area contributed by atoms with E-state index in [1.165, 1.54) is 12.1 Å². The van der Waals surface area contributed by atoms with Gasteiger partial charge < -0.3 is 10.8 Å². The Morgan fingerprint density at radius 2 is 1.05 bits per heavy atom. The van der Waals surface area contributed by atoms with E-state index in [0.717, 1.165) is 36.4 Å². The third-order valence-corrected chi connectivity index (χ3v) is 7.26. The minimum absolute atomic E-state index is 0.00455. The number of phenolic OH excluding ortho intramolecular Hbond substituents is 1. The van der Waals surface area contributed by atoms with E-state index in [-0.39, 0.29) is 22.7 Å². The van der Waals surface area contributed by atoms with Gasteiger partial charge in [0.15, 0.2) is 5.75 Å². The number of hydrogen-bond acceptors (Lipinski definition) is 14. The molecule has 0 aromatic heterocycles. The molecule has 20 heteroatoms. The van der Waals surface area contributed by atoms with Crippen LogP contribution < -0.4 is 5.73 Å². The van der Waals surface area contributed by atoms with Crippen LogP contribution in [0.15, 0.2) is 90.9 Å². The van der Waals surface area contributed by atoms with Crippen LogP contribution in [0.4, 0.5) is 39.8 Å². The molecule has 0 fully saturated rings. The zero-order valence-electron chi connectivity index (χ0n) is 20.5. The van der Waals surface area contributed by atoms with Gasteiger partial charge in [0.05, 0.1) is 32.3 Å². The number of azo groups is 2. The van der Waals surface area contributed by atoms with Crippen molar-refractivity contribution in [2.45, 2.75) is 9.79 Å². The fraction of sp³-hybridized carbons (Fsp3) is 0. The molecule has 5 N–H and O–H groups in total. The lowest BCUT2D eigenvalue weighted by Gasteiger charge is -2.14. The molecule has 0 unspecified atom stereocenters. The standard InChI is InChI=1S/C22H15N7O11S2/c23-19-18-11(9-16(41(35,36)37)20(19)26-24-12-1-5-14(6-2-12)28(31)32)10-17(42(38,39)40)21(22(18)30)27-25-13-3-7-15(8-4-13)29(33)34/h1-10,30H,23H2,(H,35,36,37)(H,38,39,40). The van der Waals surface area contributed by atoms with Crippen molar-refractivity contribution in [3.63, 3.8) is 0 Å². The number of phenols is 1. The molecule has 4 aromatic rings. The van der Waals surface area contributed by atoms with Gasteiger partial charge in [-0.3, -0.25) is 29.3 Å². The Morgan fingerprint density at radius 1 is 0.667 bits per heavy atom. The van der Waals surface area contributed by atoms with Crippen molar-refractivity contribution in [3.05, 3.63) is 80.9 Å². The van der Waals surface area contributed by atoms with Crippen molar-refractivity contribution < 1.29 is 40.9 Å². The molecule has 0 saturated carbocycles. The number of benzene rings is 4. The fourth-order valence-corrected chi connectivity index (χ4v) is 4.93. The highest BCUT2D eigenvalue weighted by Crippen LogP contribution is 2.48. The predicted octanol–water partition coefficient (Wildman–Crippen LogP) is 5.27. The van der Waals surface area contributed by atoms with Gasteiger partial charge in [-0.05, 0) is 41.8 Å². The van der Waals surface area contributed by atoms with Crippen molar-refractivity contribution >= 4 is 70.8 Å². The summed E-state index contributed by atoms with van der Waals surface area (Å²) in [5, 5.41) is 46.8. The molecule has 42 heavy (non-hydrogen) atoms. The molecule has 18 nitrogen and oxygen atoms in total. The van der Waals surface area contributed by atoms with Gasteiger partial charge in [0.1, 0.15) is 21.2 Å². The van der Waals surface area contributed by atoms with E-state index in [9.17, 15) is 51.3 Å². The summed E-state index contributed by atoms with van der Waals surface area (Å²) in [6.45, 7) is 0. The Hall–Kier alpha value is -5.44. The van der Waals surface area contributed by atoms with E-state index in [1.54, 1.807) is 0 Å². The van der Waals surface area contributed by atoms with Crippen LogP contribution in [0, 0.1) is 20.2 Å². The van der Waals surface area contributed by atoms with Gasteiger partial charge in [-0.15, -0.1) is 10.2 Å². The van der Waals surface area contributed by atoms with Crippen LogP contribution in [0.5, 0.6) is 5.75 Å². The topological polar surface area (TPSA) is 291 Å². The van der Waals surface area contributed by atoms with Gasteiger partial charge in [-0.1, -0.05) is 0 Å². The van der Waals surface area contributed by atoms with Crippen molar-refractivity contribution in [2.75, 3.05) is 5.73 Å². The number of fused-ring (bicyclic) bond motifs is 1.